The van der Waals surface area contributed by atoms with Crippen molar-refractivity contribution in [2.45, 2.75) is 20.4 Å². The van der Waals surface area contributed by atoms with Gasteiger partial charge in [0.15, 0.2) is 11.5 Å². The number of phenols is 1. The minimum absolute atomic E-state index is 0.0690. The molecule has 1 aromatic carbocycles. The lowest BCUT2D eigenvalue weighted by Crippen LogP contribution is -1.97. The monoisotopic (exact) mass is 275 g/mol. The van der Waals surface area contributed by atoms with Crippen LogP contribution in [0.3, 0.4) is 0 Å². The number of hydrogen-bond donors (Lipinski definition) is 2. The fourth-order valence-corrected chi connectivity index (χ4v) is 2.21. The van der Waals surface area contributed by atoms with Crippen LogP contribution in [0.1, 0.15) is 19.4 Å². The normalized spacial score (nSPS) is 11.8. The molecular formula is C15H17NO4. The fraction of sp³-hybridized carbons (Fsp3) is 0.267. The van der Waals surface area contributed by atoms with Gasteiger partial charge in [0.05, 0.1) is 12.6 Å². The summed E-state index contributed by atoms with van der Waals surface area (Å²) in [5.41, 5.74) is 1.58. The zero-order valence-corrected chi connectivity index (χ0v) is 11.7. The summed E-state index contributed by atoms with van der Waals surface area (Å²) in [6.07, 6.45) is 3.43. The van der Waals surface area contributed by atoms with Crippen LogP contribution in [-0.4, -0.2) is 27.9 Å². The van der Waals surface area contributed by atoms with Crippen molar-refractivity contribution in [2.24, 2.45) is 0 Å². The number of ether oxygens (including phenoxy) is 1. The first-order chi connectivity index (χ1) is 9.49. The Morgan fingerprint density at radius 1 is 1.50 bits per heavy atom. The van der Waals surface area contributed by atoms with Crippen LogP contribution in [0.5, 0.6) is 11.5 Å². The van der Waals surface area contributed by atoms with E-state index in [4.69, 9.17) is 9.84 Å². The molecule has 0 fully saturated rings. The van der Waals surface area contributed by atoms with E-state index in [1.165, 1.54) is 14.0 Å². The highest BCUT2D eigenvalue weighted by atomic mass is 16.5. The van der Waals surface area contributed by atoms with Gasteiger partial charge >= 0.3 is 5.97 Å². The lowest BCUT2D eigenvalue weighted by Gasteiger charge is -2.10. The molecule has 0 aliphatic carbocycles. The zero-order valence-electron chi connectivity index (χ0n) is 11.7. The number of aliphatic carboxylic acids is 1. The van der Waals surface area contributed by atoms with Crippen molar-refractivity contribution >= 4 is 22.9 Å². The number of fused-ring (bicyclic) bond motifs is 1. The van der Waals surface area contributed by atoms with Crippen LogP contribution in [0.4, 0.5) is 0 Å². The van der Waals surface area contributed by atoms with E-state index in [-0.39, 0.29) is 11.3 Å². The molecular weight excluding hydrogens is 258 g/mol. The minimum Gasteiger partial charge on any atom is -0.503 e. The van der Waals surface area contributed by atoms with Gasteiger partial charge < -0.3 is 19.5 Å². The largest absolute Gasteiger partial charge is 0.503 e. The molecule has 5 heteroatoms. The average molecular weight is 275 g/mol. The Hall–Kier alpha value is -2.43. The van der Waals surface area contributed by atoms with E-state index >= 15 is 0 Å². The highest BCUT2D eigenvalue weighted by molar-refractivity contribution is 5.99. The van der Waals surface area contributed by atoms with Gasteiger partial charge in [-0.1, -0.05) is 0 Å². The number of carboxylic acid groups (broad SMARTS) is 1. The molecule has 0 radical (unpaired) electrons. The van der Waals surface area contributed by atoms with Crippen molar-refractivity contribution in [3.63, 3.8) is 0 Å². The molecule has 20 heavy (non-hydrogen) atoms. The van der Waals surface area contributed by atoms with E-state index < -0.39 is 5.97 Å². The lowest BCUT2D eigenvalue weighted by molar-refractivity contribution is -0.132. The molecule has 2 rings (SSSR count). The van der Waals surface area contributed by atoms with Gasteiger partial charge in [-0.2, -0.15) is 0 Å². The molecule has 106 valence electrons. The van der Waals surface area contributed by atoms with E-state index in [1.807, 2.05) is 23.8 Å². The molecule has 0 spiro atoms. The van der Waals surface area contributed by atoms with Gasteiger partial charge in [0.1, 0.15) is 0 Å². The molecule has 0 saturated heterocycles. The highest BCUT2D eigenvalue weighted by Crippen LogP contribution is 2.38. The minimum atomic E-state index is -0.972. The van der Waals surface area contributed by atoms with Gasteiger partial charge in [0, 0.05) is 23.7 Å². The SMILES string of the molecule is CCn1ccc2c(/C=C(\C)C(=O)O)cc(OC)c(O)c21. The zero-order chi connectivity index (χ0) is 14.9. The summed E-state index contributed by atoms with van der Waals surface area (Å²) in [4.78, 5) is 11.0. The maximum Gasteiger partial charge on any atom is 0.331 e. The van der Waals surface area contributed by atoms with Crippen molar-refractivity contribution in [3.05, 3.63) is 29.5 Å². The second-order valence-electron chi connectivity index (χ2n) is 4.51. The van der Waals surface area contributed by atoms with Gasteiger partial charge in [-0.05, 0) is 37.6 Å². The van der Waals surface area contributed by atoms with Crippen molar-refractivity contribution in [3.8, 4) is 11.5 Å². The summed E-state index contributed by atoms with van der Waals surface area (Å²) >= 11 is 0. The van der Waals surface area contributed by atoms with Crippen molar-refractivity contribution in [2.75, 3.05) is 7.11 Å². The van der Waals surface area contributed by atoms with Crippen LogP contribution >= 0.6 is 0 Å². The molecule has 0 amide bonds. The van der Waals surface area contributed by atoms with Crippen molar-refractivity contribution in [1.82, 2.24) is 4.57 Å². The molecule has 0 unspecified atom stereocenters. The number of carboxylic acids is 1. The van der Waals surface area contributed by atoms with Crippen LogP contribution in [0, 0.1) is 0 Å². The van der Waals surface area contributed by atoms with Crippen LogP contribution in [0.25, 0.3) is 17.0 Å². The van der Waals surface area contributed by atoms with Gasteiger partial charge in [0.25, 0.3) is 0 Å². The molecule has 0 aliphatic rings. The quantitative estimate of drug-likeness (QED) is 0.842. The second-order valence-corrected chi connectivity index (χ2v) is 4.51. The van der Waals surface area contributed by atoms with Crippen LogP contribution < -0.4 is 4.74 Å². The number of aromatic nitrogens is 1. The topological polar surface area (TPSA) is 71.7 Å². The maximum atomic E-state index is 11.0. The molecule has 1 aromatic heterocycles. The predicted molar refractivity (Wildman–Crippen MR) is 77.1 cm³/mol. The number of phenolic OH excluding ortho intramolecular Hbond substituents is 1. The standard InChI is InChI=1S/C15H17NO4/c1-4-16-6-5-11-10(7-9(2)15(18)19)8-12(20-3)14(17)13(11)16/h5-8,17H,4H2,1-3H3,(H,18,19)/b9-7+. The van der Waals surface area contributed by atoms with Gasteiger partial charge in [0.2, 0.25) is 0 Å². The molecule has 1 heterocycles. The van der Waals surface area contributed by atoms with Gasteiger partial charge in [-0.15, -0.1) is 0 Å². The Morgan fingerprint density at radius 3 is 2.75 bits per heavy atom. The number of nitrogens with zero attached hydrogens (tertiary/aromatic N) is 1. The fourth-order valence-electron chi connectivity index (χ4n) is 2.21. The summed E-state index contributed by atoms with van der Waals surface area (Å²) in [6.45, 7) is 4.20. The summed E-state index contributed by atoms with van der Waals surface area (Å²) in [5.74, 6) is -0.574. The number of aryl methyl sites for hydroxylation is 1. The summed E-state index contributed by atoms with van der Waals surface area (Å²) < 4.78 is 7.05. The first-order valence-corrected chi connectivity index (χ1v) is 6.30. The van der Waals surface area contributed by atoms with E-state index in [2.05, 4.69) is 0 Å². The van der Waals surface area contributed by atoms with Crippen molar-refractivity contribution in [1.29, 1.82) is 0 Å². The molecule has 0 aliphatic heterocycles. The Bertz CT molecular complexity index is 697. The maximum absolute atomic E-state index is 11.0. The molecule has 2 N–H and O–H groups in total. The van der Waals surface area contributed by atoms with Gasteiger partial charge in [-0.3, -0.25) is 0 Å². The summed E-state index contributed by atoms with van der Waals surface area (Å²) in [5, 5.41) is 20.0. The van der Waals surface area contributed by atoms with E-state index in [0.29, 0.717) is 23.4 Å². The summed E-state index contributed by atoms with van der Waals surface area (Å²) in [6, 6.07) is 3.50. The van der Waals surface area contributed by atoms with E-state index in [9.17, 15) is 9.90 Å². The highest BCUT2D eigenvalue weighted by Gasteiger charge is 2.15. The Balaban J connectivity index is 2.78. The third kappa shape index (κ3) is 2.22. The number of rotatable bonds is 4. The van der Waals surface area contributed by atoms with Crippen LogP contribution in [-0.2, 0) is 11.3 Å². The molecule has 2 aromatic rings. The number of carbonyl (C=O) groups is 1. The lowest BCUT2D eigenvalue weighted by atomic mass is 10.1. The molecule has 0 atom stereocenters. The number of benzene rings is 1. The molecule has 0 saturated carbocycles. The Kier molecular flexibility index (Phi) is 3.70. The molecule has 5 nitrogen and oxygen atoms in total. The van der Waals surface area contributed by atoms with E-state index in [1.54, 1.807) is 12.1 Å². The van der Waals surface area contributed by atoms with Gasteiger partial charge in [-0.25, -0.2) is 4.79 Å². The third-order valence-corrected chi connectivity index (χ3v) is 3.29. The predicted octanol–water partition coefficient (Wildman–Crippen LogP) is 2.86. The Labute approximate surface area is 116 Å². The van der Waals surface area contributed by atoms with Crippen LogP contribution in [0.15, 0.2) is 23.9 Å². The number of aromatic hydroxyl groups is 1. The summed E-state index contributed by atoms with van der Waals surface area (Å²) in [7, 11) is 1.47. The number of hydrogen-bond acceptors (Lipinski definition) is 3. The first kappa shape index (κ1) is 14.0. The van der Waals surface area contributed by atoms with Crippen LogP contribution in [0.2, 0.25) is 0 Å². The average Bonchev–Trinajstić information content (AvgIpc) is 2.86. The Morgan fingerprint density at radius 2 is 2.20 bits per heavy atom. The number of methoxy groups -OCH3 is 1. The third-order valence-electron chi connectivity index (χ3n) is 3.29. The smallest absolute Gasteiger partial charge is 0.331 e. The van der Waals surface area contributed by atoms with Crippen molar-refractivity contribution < 1.29 is 19.7 Å². The second kappa shape index (κ2) is 5.28. The first-order valence-electron chi connectivity index (χ1n) is 6.30. The van der Waals surface area contributed by atoms with E-state index in [0.717, 1.165) is 5.39 Å². The molecule has 0 bridgehead atoms.